The maximum atomic E-state index is 3.32. The number of rotatable bonds is 5. The van der Waals surface area contributed by atoms with Crippen LogP contribution >= 0.6 is 22.0 Å². The van der Waals surface area contributed by atoms with E-state index in [2.05, 4.69) is 47.6 Å². The molecule has 2 nitrogen and oxygen atoms in total. The maximum absolute atomic E-state index is 3.32. The summed E-state index contributed by atoms with van der Waals surface area (Å²) >= 11 is 0. The second kappa shape index (κ2) is 6.61. The predicted molar refractivity (Wildman–Crippen MR) is 84.8 cm³/mol. The molecule has 0 saturated heterocycles. The Bertz CT molecular complexity index is 467. The molecule has 2 N–H and O–H groups in total. The Labute approximate surface area is 116 Å². The Kier molecular flexibility index (Phi) is 4.84. The first-order valence-electron chi connectivity index (χ1n) is 5.73. The van der Waals surface area contributed by atoms with E-state index in [1.165, 1.54) is 11.1 Å². The number of nitrogens with one attached hydrogen (secondary N) is 2. The van der Waals surface area contributed by atoms with Crippen molar-refractivity contribution >= 4 is 33.3 Å². The van der Waals surface area contributed by atoms with Gasteiger partial charge in [-0.2, -0.15) is 0 Å². The molecular weight excluding hydrogens is 260 g/mol. The second-order valence-corrected chi connectivity index (χ2v) is 5.74. The Morgan fingerprint density at radius 3 is 1.44 bits per heavy atom. The van der Waals surface area contributed by atoms with E-state index in [9.17, 15) is 0 Å². The zero-order valence-corrected chi connectivity index (χ0v) is 12.1. The summed E-state index contributed by atoms with van der Waals surface area (Å²) in [5.74, 6) is 0. The number of aryl methyl sites for hydroxylation is 2. The van der Waals surface area contributed by atoms with Crippen molar-refractivity contribution in [1.82, 2.24) is 0 Å². The molecule has 2 aromatic carbocycles. The molecule has 0 fully saturated rings. The first-order valence-corrected chi connectivity index (χ1v) is 7.88. The third-order valence-corrected chi connectivity index (χ3v) is 4.07. The van der Waals surface area contributed by atoms with E-state index in [1.807, 2.05) is 24.3 Å². The van der Waals surface area contributed by atoms with Crippen molar-refractivity contribution in [1.29, 1.82) is 0 Å². The van der Waals surface area contributed by atoms with Gasteiger partial charge in [0.25, 0.3) is 0 Å². The molecule has 0 bridgehead atoms. The maximum Gasteiger partial charge on any atom is 0.0477 e. The van der Waals surface area contributed by atoms with Gasteiger partial charge in [-0.3, -0.25) is 0 Å². The monoisotopic (exact) mass is 276 g/mol. The van der Waals surface area contributed by atoms with Crippen LogP contribution in [0.1, 0.15) is 11.1 Å². The lowest BCUT2D eigenvalue weighted by atomic mass is 10.2. The lowest BCUT2D eigenvalue weighted by Crippen LogP contribution is -1.91. The summed E-state index contributed by atoms with van der Waals surface area (Å²) in [5, 5.41) is 0. The summed E-state index contributed by atoms with van der Waals surface area (Å²) in [5.41, 5.74) is 4.81. The molecule has 0 atom stereocenters. The van der Waals surface area contributed by atoms with E-state index >= 15 is 0 Å². The van der Waals surface area contributed by atoms with Crippen molar-refractivity contribution in [2.45, 2.75) is 13.8 Å². The minimum Gasteiger partial charge on any atom is -0.319 e. The highest BCUT2D eigenvalue weighted by Gasteiger charge is 1.98. The average Bonchev–Trinajstić information content (AvgIpc) is 2.38. The fraction of sp³-hybridized carbons (Fsp3) is 0.143. The van der Waals surface area contributed by atoms with E-state index in [1.54, 1.807) is 22.0 Å². The molecule has 2 rings (SSSR count). The molecule has 0 aliphatic carbocycles. The molecular formula is C14H16N2S2. The smallest absolute Gasteiger partial charge is 0.0477 e. The predicted octanol–water partition coefficient (Wildman–Crippen LogP) is 5.04. The van der Waals surface area contributed by atoms with E-state index < -0.39 is 0 Å². The van der Waals surface area contributed by atoms with E-state index in [0.29, 0.717) is 0 Å². The first kappa shape index (κ1) is 13.2. The van der Waals surface area contributed by atoms with Gasteiger partial charge >= 0.3 is 0 Å². The third-order valence-electron chi connectivity index (χ3n) is 2.64. The number of benzene rings is 2. The quantitative estimate of drug-likeness (QED) is 0.454. The first-order chi connectivity index (χ1) is 8.77. The molecule has 2 aromatic rings. The van der Waals surface area contributed by atoms with E-state index in [-0.39, 0.29) is 0 Å². The van der Waals surface area contributed by atoms with Crippen LogP contribution in [-0.2, 0) is 0 Å². The van der Waals surface area contributed by atoms with E-state index in [4.69, 9.17) is 0 Å². The van der Waals surface area contributed by atoms with Crippen LogP contribution in [0.5, 0.6) is 0 Å². The lowest BCUT2D eigenvalue weighted by Gasteiger charge is -2.09. The summed E-state index contributed by atoms with van der Waals surface area (Å²) in [4.78, 5) is 0. The Morgan fingerprint density at radius 1 is 0.667 bits per heavy atom. The molecule has 18 heavy (non-hydrogen) atoms. The van der Waals surface area contributed by atoms with Crippen molar-refractivity contribution in [3.05, 3.63) is 59.7 Å². The highest BCUT2D eigenvalue weighted by Crippen LogP contribution is 2.28. The van der Waals surface area contributed by atoms with Gasteiger partial charge in [-0.25, -0.2) is 0 Å². The summed E-state index contributed by atoms with van der Waals surface area (Å²) in [6.45, 7) is 4.20. The van der Waals surface area contributed by atoms with Crippen LogP contribution in [0.25, 0.3) is 0 Å². The highest BCUT2D eigenvalue weighted by atomic mass is 33.1. The summed E-state index contributed by atoms with van der Waals surface area (Å²) in [7, 11) is 3.16. The second-order valence-electron chi connectivity index (χ2n) is 4.00. The number of hydrogen-bond donors (Lipinski definition) is 2. The molecule has 0 aromatic heterocycles. The fourth-order valence-corrected chi connectivity index (χ4v) is 3.02. The zero-order chi connectivity index (χ0) is 12.8. The molecule has 0 heterocycles. The Balaban J connectivity index is 1.80. The van der Waals surface area contributed by atoms with Gasteiger partial charge in [-0.1, -0.05) is 36.4 Å². The fourth-order valence-electron chi connectivity index (χ4n) is 1.51. The Hall–Kier alpha value is -1.26. The molecule has 0 aliphatic rings. The van der Waals surface area contributed by atoms with Gasteiger partial charge < -0.3 is 9.44 Å². The minimum absolute atomic E-state index is 1.15. The molecule has 0 aliphatic heterocycles. The summed E-state index contributed by atoms with van der Waals surface area (Å²) in [6.07, 6.45) is 0. The van der Waals surface area contributed by atoms with Crippen LogP contribution in [0.3, 0.4) is 0 Å². The minimum atomic E-state index is 1.15. The van der Waals surface area contributed by atoms with Crippen LogP contribution < -0.4 is 9.44 Å². The molecule has 0 radical (unpaired) electrons. The van der Waals surface area contributed by atoms with Gasteiger partial charge in [0.15, 0.2) is 0 Å². The van der Waals surface area contributed by atoms with Crippen molar-refractivity contribution in [2.24, 2.45) is 0 Å². The molecule has 0 spiro atoms. The van der Waals surface area contributed by atoms with Gasteiger partial charge in [-0.15, -0.1) is 0 Å². The molecule has 94 valence electrons. The van der Waals surface area contributed by atoms with Gasteiger partial charge in [0.2, 0.25) is 0 Å². The molecule has 0 saturated carbocycles. The number of hydrogen-bond acceptors (Lipinski definition) is 4. The zero-order valence-electron chi connectivity index (χ0n) is 10.4. The lowest BCUT2D eigenvalue weighted by molar-refractivity contribution is 1.47. The van der Waals surface area contributed by atoms with Crippen LogP contribution in [0, 0.1) is 13.8 Å². The molecule has 0 amide bonds. The van der Waals surface area contributed by atoms with Gasteiger partial charge in [-0.05, 0) is 37.1 Å². The van der Waals surface area contributed by atoms with Crippen LogP contribution in [0.15, 0.2) is 48.5 Å². The van der Waals surface area contributed by atoms with Crippen molar-refractivity contribution in [3.8, 4) is 0 Å². The standard InChI is InChI=1S/C14H16N2S2/c1-11-7-3-5-9-13(11)15-17-18-16-14-10-6-4-8-12(14)2/h3-10,15-16H,1-2H3. The molecule has 0 unspecified atom stereocenters. The van der Waals surface area contributed by atoms with Gasteiger partial charge in [0, 0.05) is 33.3 Å². The highest BCUT2D eigenvalue weighted by molar-refractivity contribution is 8.77. The normalized spacial score (nSPS) is 10.1. The SMILES string of the molecule is Cc1ccccc1NSSNc1ccccc1C. The topological polar surface area (TPSA) is 24.1 Å². The van der Waals surface area contributed by atoms with Crippen molar-refractivity contribution in [2.75, 3.05) is 9.44 Å². The van der Waals surface area contributed by atoms with Crippen molar-refractivity contribution < 1.29 is 0 Å². The number of para-hydroxylation sites is 2. The van der Waals surface area contributed by atoms with Crippen molar-refractivity contribution in [3.63, 3.8) is 0 Å². The average molecular weight is 276 g/mol. The number of anilines is 2. The summed E-state index contributed by atoms with van der Waals surface area (Å²) < 4.78 is 6.64. The van der Waals surface area contributed by atoms with Gasteiger partial charge in [0.1, 0.15) is 0 Å². The van der Waals surface area contributed by atoms with Crippen LogP contribution in [-0.4, -0.2) is 0 Å². The van der Waals surface area contributed by atoms with Crippen LogP contribution in [0.4, 0.5) is 11.4 Å². The summed E-state index contributed by atoms with van der Waals surface area (Å²) in [6, 6.07) is 16.5. The third kappa shape index (κ3) is 3.62. The van der Waals surface area contributed by atoms with Gasteiger partial charge in [0.05, 0.1) is 0 Å². The molecule has 4 heteroatoms. The Morgan fingerprint density at radius 2 is 1.06 bits per heavy atom. The van der Waals surface area contributed by atoms with E-state index in [0.717, 1.165) is 11.4 Å². The largest absolute Gasteiger partial charge is 0.319 e. The van der Waals surface area contributed by atoms with Crippen LogP contribution in [0.2, 0.25) is 0 Å².